The molecule has 1 aromatic carbocycles. The van der Waals surface area contributed by atoms with Crippen molar-refractivity contribution in [3.05, 3.63) is 29.1 Å². The summed E-state index contributed by atoms with van der Waals surface area (Å²) in [5, 5.41) is 11.9. The second kappa shape index (κ2) is 7.94. The van der Waals surface area contributed by atoms with Gasteiger partial charge >= 0.3 is 6.09 Å². The number of nitrogens with one attached hydrogen (secondary N) is 1. The molecule has 0 radical (unpaired) electrons. The highest BCUT2D eigenvalue weighted by molar-refractivity contribution is 5.90. The van der Waals surface area contributed by atoms with Gasteiger partial charge in [0.05, 0.1) is 24.9 Å². The third kappa shape index (κ3) is 3.91. The predicted octanol–water partition coefficient (Wildman–Crippen LogP) is 2.53. The molecule has 1 saturated heterocycles. The Balaban J connectivity index is 1.84. The minimum absolute atomic E-state index is 0.0113. The molecule has 0 bridgehead atoms. The first-order chi connectivity index (χ1) is 13.2. The number of halogens is 4. The Bertz CT molecular complexity index is 791. The molecule has 154 valence electrons. The van der Waals surface area contributed by atoms with Crippen LogP contribution in [0.1, 0.15) is 37.7 Å². The number of anilines is 1. The SMILES string of the molecule is CC(=O)NC[C@H]1CN(c2cc(F)c([C@H]3CC[C@@H](O)C(F)C3)c(F)c2F)C(=O)O1. The molecule has 2 aliphatic rings. The number of carbonyl (C=O) groups is 2. The van der Waals surface area contributed by atoms with Gasteiger partial charge in [-0.3, -0.25) is 9.69 Å². The lowest BCUT2D eigenvalue weighted by atomic mass is 9.81. The van der Waals surface area contributed by atoms with Gasteiger partial charge in [-0.05, 0) is 25.2 Å². The number of rotatable bonds is 4. The minimum atomic E-state index is -1.65. The normalized spacial score (nSPS) is 27.6. The number of amides is 2. The maximum absolute atomic E-state index is 14.6. The van der Waals surface area contributed by atoms with Gasteiger partial charge < -0.3 is 15.2 Å². The fraction of sp³-hybridized carbons (Fsp3) is 0.556. The first-order valence-corrected chi connectivity index (χ1v) is 8.91. The average Bonchev–Trinajstić information content (AvgIpc) is 3.00. The summed E-state index contributed by atoms with van der Waals surface area (Å²) in [5.41, 5.74) is -1.21. The Hall–Kier alpha value is -2.36. The van der Waals surface area contributed by atoms with E-state index in [-0.39, 0.29) is 38.3 Å². The van der Waals surface area contributed by atoms with Crippen LogP contribution < -0.4 is 10.2 Å². The van der Waals surface area contributed by atoms with E-state index >= 15 is 0 Å². The summed E-state index contributed by atoms with van der Waals surface area (Å²) in [7, 11) is 0. The molecule has 1 saturated carbocycles. The van der Waals surface area contributed by atoms with E-state index in [9.17, 15) is 32.3 Å². The van der Waals surface area contributed by atoms with Gasteiger partial charge in [-0.2, -0.15) is 0 Å². The first kappa shape index (κ1) is 20.4. The second-order valence-corrected chi connectivity index (χ2v) is 7.07. The second-order valence-electron chi connectivity index (χ2n) is 7.07. The van der Waals surface area contributed by atoms with Crippen molar-refractivity contribution < 1.29 is 37.0 Å². The van der Waals surface area contributed by atoms with Crippen LogP contribution in [0.3, 0.4) is 0 Å². The molecule has 1 aromatic rings. The molecule has 1 unspecified atom stereocenters. The van der Waals surface area contributed by atoms with Crippen molar-refractivity contribution in [1.82, 2.24) is 5.32 Å². The van der Waals surface area contributed by atoms with Gasteiger partial charge in [-0.25, -0.2) is 22.4 Å². The Morgan fingerprint density at radius 2 is 2.04 bits per heavy atom. The molecule has 2 fully saturated rings. The molecule has 1 aliphatic carbocycles. The number of carbonyl (C=O) groups excluding carboxylic acids is 2. The topological polar surface area (TPSA) is 78.9 Å². The molecule has 28 heavy (non-hydrogen) atoms. The van der Waals surface area contributed by atoms with Crippen molar-refractivity contribution in [3.8, 4) is 0 Å². The van der Waals surface area contributed by atoms with Gasteiger partial charge in [0, 0.05) is 18.6 Å². The number of ether oxygens (including phenoxy) is 1. The minimum Gasteiger partial charge on any atom is -0.442 e. The van der Waals surface area contributed by atoms with E-state index in [4.69, 9.17) is 4.74 Å². The number of aliphatic hydroxyl groups is 1. The van der Waals surface area contributed by atoms with Gasteiger partial charge in [0.15, 0.2) is 11.6 Å². The third-order valence-corrected chi connectivity index (χ3v) is 5.06. The van der Waals surface area contributed by atoms with Crippen LogP contribution >= 0.6 is 0 Å². The monoisotopic (exact) mass is 404 g/mol. The van der Waals surface area contributed by atoms with Crippen LogP contribution in [0.15, 0.2) is 6.07 Å². The number of cyclic esters (lactones) is 1. The van der Waals surface area contributed by atoms with E-state index in [1.807, 2.05) is 0 Å². The summed E-state index contributed by atoms with van der Waals surface area (Å²) >= 11 is 0. The number of benzene rings is 1. The summed E-state index contributed by atoms with van der Waals surface area (Å²) in [4.78, 5) is 23.7. The van der Waals surface area contributed by atoms with Gasteiger partial charge in [0.1, 0.15) is 18.1 Å². The lowest BCUT2D eigenvalue weighted by Gasteiger charge is -2.29. The standard InChI is InChI=1S/C18H20F4N2O4/c1-8(25)23-6-10-7-24(18(27)28-10)13-5-12(20)15(17(22)16(13)21)9-2-3-14(26)11(19)4-9/h5,9-11,14,26H,2-4,6-7H2,1H3,(H,23,25)/t9-,10-,11?,14+/m0/s1. The number of alkyl halides is 1. The van der Waals surface area contributed by atoms with Gasteiger partial charge in [0.2, 0.25) is 5.91 Å². The number of nitrogens with zero attached hydrogens (tertiary/aromatic N) is 1. The Morgan fingerprint density at radius 3 is 2.68 bits per heavy atom. The van der Waals surface area contributed by atoms with E-state index in [0.29, 0.717) is 6.07 Å². The number of hydrogen-bond acceptors (Lipinski definition) is 4. The Kier molecular flexibility index (Phi) is 5.78. The molecule has 1 heterocycles. The number of hydrogen-bond donors (Lipinski definition) is 2. The quantitative estimate of drug-likeness (QED) is 0.597. The van der Waals surface area contributed by atoms with Crippen molar-refractivity contribution >= 4 is 17.7 Å². The molecule has 10 heteroatoms. The van der Waals surface area contributed by atoms with Crippen molar-refractivity contribution in [2.24, 2.45) is 0 Å². The van der Waals surface area contributed by atoms with Crippen LogP contribution in [-0.4, -0.2) is 48.6 Å². The lowest BCUT2D eigenvalue weighted by Crippen LogP contribution is -2.33. The molecule has 2 N–H and O–H groups in total. The van der Waals surface area contributed by atoms with Crippen LogP contribution in [0.25, 0.3) is 0 Å². The first-order valence-electron chi connectivity index (χ1n) is 8.91. The summed E-state index contributed by atoms with van der Waals surface area (Å²) in [6, 6.07) is 0.689. The zero-order chi connectivity index (χ0) is 20.6. The molecular formula is C18H20F4N2O4. The van der Waals surface area contributed by atoms with Gasteiger partial charge in [-0.1, -0.05) is 0 Å². The lowest BCUT2D eigenvalue weighted by molar-refractivity contribution is -0.119. The molecule has 1 aliphatic heterocycles. The van der Waals surface area contributed by atoms with Crippen LogP contribution in [0, 0.1) is 17.5 Å². The zero-order valence-electron chi connectivity index (χ0n) is 15.1. The van der Waals surface area contributed by atoms with Crippen LogP contribution in [0.4, 0.5) is 28.0 Å². The van der Waals surface area contributed by atoms with Crippen LogP contribution in [0.5, 0.6) is 0 Å². The maximum atomic E-state index is 14.6. The summed E-state index contributed by atoms with van der Waals surface area (Å²) in [5.74, 6) is -5.29. The molecule has 0 spiro atoms. The Labute approximate surface area is 158 Å². The molecular weight excluding hydrogens is 384 g/mol. The molecule has 6 nitrogen and oxygen atoms in total. The summed E-state index contributed by atoms with van der Waals surface area (Å²) < 4.78 is 62.6. The van der Waals surface area contributed by atoms with E-state index in [1.54, 1.807) is 0 Å². The van der Waals surface area contributed by atoms with Gasteiger partial charge in [0.25, 0.3) is 0 Å². The smallest absolute Gasteiger partial charge is 0.414 e. The largest absolute Gasteiger partial charge is 0.442 e. The van der Waals surface area contributed by atoms with E-state index in [2.05, 4.69) is 5.32 Å². The Morgan fingerprint density at radius 1 is 1.32 bits per heavy atom. The molecule has 0 aromatic heterocycles. The highest BCUT2D eigenvalue weighted by Gasteiger charge is 2.38. The van der Waals surface area contributed by atoms with E-state index in [0.717, 1.165) is 4.90 Å². The van der Waals surface area contributed by atoms with Crippen LogP contribution in [0.2, 0.25) is 0 Å². The zero-order valence-corrected chi connectivity index (χ0v) is 15.1. The van der Waals surface area contributed by atoms with Gasteiger partial charge in [-0.15, -0.1) is 0 Å². The fourth-order valence-electron chi connectivity index (χ4n) is 3.61. The van der Waals surface area contributed by atoms with Crippen molar-refractivity contribution in [2.45, 2.75) is 50.5 Å². The molecule has 2 amide bonds. The fourth-order valence-corrected chi connectivity index (χ4v) is 3.61. The highest BCUT2D eigenvalue weighted by Crippen LogP contribution is 2.40. The van der Waals surface area contributed by atoms with Crippen molar-refractivity contribution in [3.63, 3.8) is 0 Å². The van der Waals surface area contributed by atoms with Crippen molar-refractivity contribution in [1.29, 1.82) is 0 Å². The molecule has 3 rings (SSSR count). The average molecular weight is 404 g/mol. The van der Waals surface area contributed by atoms with E-state index < -0.39 is 59.1 Å². The number of aliphatic hydroxyl groups excluding tert-OH is 1. The highest BCUT2D eigenvalue weighted by atomic mass is 19.2. The molecule has 4 atom stereocenters. The van der Waals surface area contributed by atoms with Crippen molar-refractivity contribution in [2.75, 3.05) is 18.0 Å². The third-order valence-electron chi connectivity index (χ3n) is 5.06. The van der Waals surface area contributed by atoms with E-state index in [1.165, 1.54) is 6.92 Å². The van der Waals surface area contributed by atoms with Crippen LogP contribution in [-0.2, 0) is 9.53 Å². The maximum Gasteiger partial charge on any atom is 0.414 e. The summed E-state index contributed by atoms with van der Waals surface area (Å²) in [6.45, 7) is 1.05. The summed E-state index contributed by atoms with van der Waals surface area (Å²) in [6.07, 6.45) is -4.84. The predicted molar refractivity (Wildman–Crippen MR) is 90.1 cm³/mol.